The van der Waals surface area contributed by atoms with Crippen molar-refractivity contribution >= 4 is 31.8 Å². The van der Waals surface area contributed by atoms with Crippen LogP contribution in [0, 0.1) is 6.92 Å². The molecule has 0 saturated carbocycles. The second-order valence-corrected chi connectivity index (χ2v) is 6.82. The van der Waals surface area contributed by atoms with E-state index in [9.17, 15) is 8.42 Å². The highest BCUT2D eigenvalue weighted by atomic mass is 32.3. The van der Waals surface area contributed by atoms with Crippen LogP contribution in [-0.4, -0.2) is 38.7 Å². The summed E-state index contributed by atoms with van der Waals surface area (Å²) in [5.41, 5.74) is 14.7. The Hall–Kier alpha value is -1.40. The van der Waals surface area contributed by atoms with Gasteiger partial charge in [-0.05, 0) is 36.6 Å². The first kappa shape index (κ1) is 19.6. The Balaban J connectivity index is 0.000000690. The van der Waals surface area contributed by atoms with E-state index in [4.69, 9.17) is 29.0 Å². The number of benzene rings is 1. The van der Waals surface area contributed by atoms with Crippen molar-refractivity contribution in [2.75, 3.05) is 24.3 Å². The second-order valence-electron chi connectivity index (χ2n) is 4.17. The highest BCUT2D eigenvalue weighted by Gasteiger charge is 2.07. The minimum absolute atomic E-state index is 0.327. The lowest BCUT2D eigenvalue weighted by molar-refractivity contribution is 0.352. The van der Waals surface area contributed by atoms with Gasteiger partial charge in [0.05, 0.1) is 6.26 Å². The summed E-state index contributed by atoms with van der Waals surface area (Å²) in [4.78, 5) is 0. The molecule has 5 N–H and O–H groups in total. The highest BCUT2D eigenvalue weighted by molar-refractivity contribution is 7.88. The summed E-state index contributed by atoms with van der Waals surface area (Å²) in [6.07, 6.45) is 1.67. The molecule has 9 nitrogen and oxygen atoms in total. The lowest BCUT2D eigenvalue weighted by Gasteiger charge is -2.11. The standard InChI is InChI=1S/C10H17N3O2S.H2O4S/c1-7-8(5-6-13-16(2,14)15)10(12)4-3-9(7)11;1-5(2,3)4/h3-4,13H,5-6,11-12H2,1-2H3;(H2,1,2,3,4)/p-2. The first-order valence-corrected chi connectivity index (χ1v) is 8.78. The SMILES string of the molecule is Cc1c(N)ccc(N)c1CCNS(C)(=O)=O.O=S(=O)([O-])[O-]. The quantitative estimate of drug-likeness (QED) is 0.352. The predicted molar refractivity (Wildman–Crippen MR) is 77.0 cm³/mol. The van der Waals surface area contributed by atoms with Crippen LogP contribution in [0.4, 0.5) is 11.4 Å². The number of anilines is 2. The molecule has 0 bridgehead atoms. The molecule has 0 unspecified atom stereocenters. The molecule has 1 rings (SSSR count). The smallest absolute Gasteiger partial charge is 0.208 e. The van der Waals surface area contributed by atoms with Gasteiger partial charge in [-0.25, -0.2) is 13.1 Å². The average molecular weight is 339 g/mol. The number of nitrogens with two attached hydrogens (primary N) is 2. The van der Waals surface area contributed by atoms with Crippen molar-refractivity contribution in [1.82, 2.24) is 4.72 Å². The second kappa shape index (κ2) is 7.56. The molecule has 1 aromatic carbocycles. The fourth-order valence-corrected chi connectivity index (χ4v) is 1.96. The Morgan fingerprint density at radius 1 is 1.10 bits per heavy atom. The van der Waals surface area contributed by atoms with Crippen molar-refractivity contribution in [3.05, 3.63) is 23.3 Å². The Bertz CT molecular complexity index is 677. The van der Waals surface area contributed by atoms with E-state index in [0.717, 1.165) is 17.4 Å². The summed E-state index contributed by atoms with van der Waals surface area (Å²) in [6.45, 7) is 2.20. The van der Waals surface area contributed by atoms with Gasteiger partial charge >= 0.3 is 0 Å². The van der Waals surface area contributed by atoms with Gasteiger partial charge < -0.3 is 20.6 Å². The molecule has 0 amide bonds. The van der Waals surface area contributed by atoms with Gasteiger partial charge in [0.25, 0.3) is 0 Å². The van der Waals surface area contributed by atoms with Gasteiger partial charge in [0, 0.05) is 28.3 Å². The van der Waals surface area contributed by atoms with Crippen molar-refractivity contribution in [2.24, 2.45) is 0 Å². The van der Waals surface area contributed by atoms with Gasteiger partial charge in [0.15, 0.2) is 0 Å². The molecule has 0 radical (unpaired) electrons. The van der Waals surface area contributed by atoms with E-state index in [2.05, 4.69) is 4.72 Å². The maximum atomic E-state index is 10.9. The van der Waals surface area contributed by atoms with Gasteiger partial charge in [-0.2, -0.15) is 0 Å². The molecule has 11 heteroatoms. The molecule has 0 aliphatic heterocycles. The minimum Gasteiger partial charge on any atom is -0.759 e. The van der Waals surface area contributed by atoms with E-state index in [1.165, 1.54) is 0 Å². The molecule has 0 heterocycles. The molecular weight excluding hydrogens is 322 g/mol. The number of nitrogens with one attached hydrogen (secondary N) is 1. The van der Waals surface area contributed by atoms with Crippen LogP contribution in [0.25, 0.3) is 0 Å². The third-order valence-corrected chi connectivity index (χ3v) is 3.14. The summed E-state index contributed by atoms with van der Waals surface area (Å²) in [5, 5.41) is 0. The fraction of sp³-hybridized carbons (Fsp3) is 0.400. The first-order valence-electron chi connectivity index (χ1n) is 5.56. The molecule has 0 aromatic heterocycles. The molecule has 1 aromatic rings. The van der Waals surface area contributed by atoms with Gasteiger partial charge in [-0.1, -0.05) is 0 Å². The predicted octanol–water partition coefficient (Wildman–Crippen LogP) is -1.09. The Morgan fingerprint density at radius 3 is 1.95 bits per heavy atom. The minimum atomic E-state index is -5.17. The van der Waals surface area contributed by atoms with Crippen molar-refractivity contribution in [1.29, 1.82) is 0 Å². The highest BCUT2D eigenvalue weighted by Crippen LogP contribution is 2.22. The Morgan fingerprint density at radius 2 is 1.52 bits per heavy atom. The van der Waals surface area contributed by atoms with Crippen LogP contribution >= 0.6 is 0 Å². The van der Waals surface area contributed by atoms with Crippen molar-refractivity contribution < 1.29 is 25.9 Å². The fourth-order valence-electron chi connectivity index (χ4n) is 1.49. The number of hydrogen-bond acceptors (Lipinski definition) is 8. The Kier molecular flexibility index (Phi) is 7.06. The Labute approximate surface area is 124 Å². The molecule has 0 saturated heterocycles. The zero-order valence-electron chi connectivity index (χ0n) is 11.5. The monoisotopic (exact) mass is 339 g/mol. The molecular formula is C10H17N3O6S2-2. The number of sulfonamides is 1. The summed E-state index contributed by atoms with van der Waals surface area (Å²) >= 11 is 0. The summed E-state index contributed by atoms with van der Waals surface area (Å²) < 4.78 is 58.3. The largest absolute Gasteiger partial charge is 0.759 e. The van der Waals surface area contributed by atoms with E-state index in [0.29, 0.717) is 24.3 Å². The molecule has 0 aliphatic carbocycles. The zero-order chi connectivity index (χ0) is 16.8. The molecule has 21 heavy (non-hydrogen) atoms. The van der Waals surface area contributed by atoms with Crippen LogP contribution in [0.2, 0.25) is 0 Å². The lowest BCUT2D eigenvalue weighted by Crippen LogP contribution is -2.24. The van der Waals surface area contributed by atoms with Crippen molar-refractivity contribution in [3.63, 3.8) is 0 Å². The average Bonchev–Trinajstić information content (AvgIpc) is 2.25. The molecule has 0 atom stereocenters. The van der Waals surface area contributed by atoms with Crippen LogP contribution in [-0.2, 0) is 26.8 Å². The zero-order valence-corrected chi connectivity index (χ0v) is 13.1. The van der Waals surface area contributed by atoms with Crippen LogP contribution < -0.4 is 16.2 Å². The molecule has 0 fully saturated rings. The summed E-state index contributed by atoms with van der Waals surface area (Å²) in [6, 6.07) is 3.48. The van der Waals surface area contributed by atoms with E-state index in [1.807, 2.05) is 6.92 Å². The van der Waals surface area contributed by atoms with Gasteiger partial charge in [0.1, 0.15) is 0 Å². The lowest BCUT2D eigenvalue weighted by atomic mass is 10.0. The van der Waals surface area contributed by atoms with Crippen LogP contribution in [0.15, 0.2) is 12.1 Å². The van der Waals surface area contributed by atoms with E-state index in [1.54, 1.807) is 12.1 Å². The molecule has 0 spiro atoms. The maximum Gasteiger partial charge on any atom is 0.208 e. The summed E-state index contributed by atoms with van der Waals surface area (Å²) in [5.74, 6) is 0. The summed E-state index contributed by atoms with van der Waals surface area (Å²) in [7, 11) is -8.32. The maximum absolute atomic E-state index is 10.9. The van der Waals surface area contributed by atoms with Crippen LogP contribution in [0.1, 0.15) is 11.1 Å². The van der Waals surface area contributed by atoms with E-state index < -0.39 is 20.4 Å². The van der Waals surface area contributed by atoms with Gasteiger partial charge in [0.2, 0.25) is 10.0 Å². The van der Waals surface area contributed by atoms with Crippen molar-refractivity contribution in [3.8, 4) is 0 Å². The first-order chi connectivity index (χ1) is 9.31. The van der Waals surface area contributed by atoms with Gasteiger partial charge in [-0.15, -0.1) is 0 Å². The molecule has 122 valence electrons. The number of nitrogen functional groups attached to an aromatic ring is 2. The third-order valence-electron chi connectivity index (χ3n) is 2.42. The number of hydrogen-bond donors (Lipinski definition) is 3. The number of rotatable bonds is 4. The normalized spacial score (nSPS) is 11.6. The molecule has 0 aliphatic rings. The van der Waals surface area contributed by atoms with Gasteiger partial charge in [-0.3, -0.25) is 8.42 Å². The topological polar surface area (TPSA) is 178 Å². The third kappa shape index (κ3) is 10.0. The van der Waals surface area contributed by atoms with Crippen LogP contribution in [0.5, 0.6) is 0 Å². The van der Waals surface area contributed by atoms with Crippen LogP contribution in [0.3, 0.4) is 0 Å². The van der Waals surface area contributed by atoms with Crippen molar-refractivity contribution in [2.45, 2.75) is 13.3 Å². The van der Waals surface area contributed by atoms with E-state index in [-0.39, 0.29) is 0 Å². The van der Waals surface area contributed by atoms with E-state index >= 15 is 0 Å².